The maximum Gasteiger partial charge on any atom is 0.127 e. The third-order valence-electron chi connectivity index (χ3n) is 3.95. The van der Waals surface area contributed by atoms with Gasteiger partial charge in [-0.05, 0) is 38.2 Å². The zero-order valence-corrected chi connectivity index (χ0v) is 10.5. The average molecular weight is 231 g/mol. The van der Waals surface area contributed by atoms with Gasteiger partial charge >= 0.3 is 0 Å². The van der Waals surface area contributed by atoms with Gasteiger partial charge in [-0.3, -0.25) is 0 Å². The second-order valence-corrected chi connectivity index (χ2v) is 5.34. The molecular weight excluding hydrogens is 210 g/mol. The van der Waals surface area contributed by atoms with E-state index in [1.807, 2.05) is 0 Å². The largest absolute Gasteiger partial charge is 0.493 e. The summed E-state index contributed by atoms with van der Waals surface area (Å²) in [4.78, 5) is 0. The van der Waals surface area contributed by atoms with E-state index in [4.69, 9.17) is 4.74 Å². The van der Waals surface area contributed by atoms with Crippen LogP contribution >= 0.6 is 0 Å². The highest BCUT2D eigenvalue weighted by Gasteiger charge is 2.24. The number of hydrogen-bond acceptors (Lipinski definition) is 2. The molecule has 0 spiro atoms. The highest BCUT2D eigenvalue weighted by atomic mass is 16.5. The Morgan fingerprint density at radius 3 is 3.06 bits per heavy atom. The molecule has 2 nitrogen and oxygen atoms in total. The minimum absolute atomic E-state index is 0.492. The van der Waals surface area contributed by atoms with E-state index in [0.29, 0.717) is 12.1 Å². The van der Waals surface area contributed by atoms with E-state index in [2.05, 4.69) is 30.4 Å². The van der Waals surface area contributed by atoms with Crippen molar-refractivity contribution in [3.63, 3.8) is 0 Å². The molecule has 3 rings (SSSR count). The van der Waals surface area contributed by atoms with Crippen molar-refractivity contribution < 1.29 is 4.74 Å². The third-order valence-corrected chi connectivity index (χ3v) is 3.95. The highest BCUT2D eigenvalue weighted by molar-refractivity contribution is 5.44. The van der Waals surface area contributed by atoms with Crippen LogP contribution in [0.15, 0.2) is 18.2 Å². The summed E-state index contributed by atoms with van der Waals surface area (Å²) in [7, 11) is 0. The molecule has 17 heavy (non-hydrogen) atoms. The van der Waals surface area contributed by atoms with E-state index in [1.165, 1.54) is 42.6 Å². The van der Waals surface area contributed by atoms with Gasteiger partial charge in [-0.1, -0.05) is 24.6 Å². The summed E-state index contributed by atoms with van der Waals surface area (Å²) < 4.78 is 5.90. The molecule has 0 amide bonds. The van der Waals surface area contributed by atoms with Crippen molar-refractivity contribution >= 4 is 0 Å². The zero-order valence-electron chi connectivity index (χ0n) is 10.5. The van der Waals surface area contributed by atoms with Crippen molar-refractivity contribution in [2.24, 2.45) is 0 Å². The van der Waals surface area contributed by atoms with Gasteiger partial charge in [-0.25, -0.2) is 0 Å². The Kier molecular flexibility index (Phi) is 3.06. The van der Waals surface area contributed by atoms with Crippen LogP contribution in [0.5, 0.6) is 5.75 Å². The van der Waals surface area contributed by atoms with Crippen molar-refractivity contribution in [1.82, 2.24) is 5.32 Å². The van der Waals surface area contributed by atoms with Crippen LogP contribution in [0.2, 0.25) is 0 Å². The minimum atomic E-state index is 0.492. The number of piperidine rings is 1. The molecule has 2 atom stereocenters. The first-order valence-electron chi connectivity index (χ1n) is 6.85. The lowest BCUT2D eigenvalue weighted by Gasteiger charge is -2.31. The molecular formula is C15H21NO. The summed E-state index contributed by atoms with van der Waals surface area (Å²) in [6.45, 7) is 3.16. The van der Waals surface area contributed by atoms with Crippen LogP contribution in [0.1, 0.15) is 49.8 Å². The fourth-order valence-corrected chi connectivity index (χ4v) is 3.07. The SMILES string of the molecule is CC1CCCC(c2cccc3c2OCCC3)N1. The van der Waals surface area contributed by atoms with E-state index in [1.54, 1.807) is 0 Å². The molecule has 1 saturated heterocycles. The number of hydrogen-bond donors (Lipinski definition) is 1. The van der Waals surface area contributed by atoms with E-state index in [-0.39, 0.29) is 0 Å². The van der Waals surface area contributed by atoms with Gasteiger partial charge in [0.15, 0.2) is 0 Å². The van der Waals surface area contributed by atoms with Gasteiger partial charge in [-0.15, -0.1) is 0 Å². The Labute approximate surface area is 103 Å². The van der Waals surface area contributed by atoms with Crippen LogP contribution in [0.4, 0.5) is 0 Å². The van der Waals surface area contributed by atoms with E-state index >= 15 is 0 Å². The molecule has 1 N–H and O–H groups in total. The van der Waals surface area contributed by atoms with Crippen LogP contribution in [0.25, 0.3) is 0 Å². The average Bonchev–Trinajstić information content (AvgIpc) is 2.38. The summed E-state index contributed by atoms with van der Waals surface area (Å²) in [6, 6.07) is 7.76. The second kappa shape index (κ2) is 4.69. The monoisotopic (exact) mass is 231 g/mol. The van der Waals surface area contributed by atoms with E-state index < -0.39 is 0 Å². The van der Waals surface area contributed by atoms with Gasteiger partial charge in [0, 0.05) is 17.6 Å². The van der Waals surface area contributed by atoms with Crippen LogP contribution in [0.3, 0.4) is 0 Å². The van der Waals surface area contributed by atoms with Gasteiger partial charge < -0.3 is 10.1 Å². The maximum absolute atomic E-state index is 5.90. The summed E-state index contributed by atoms with van der Waals surface area (Å²) in [5.74, 6) is 1.17. The van der Waals surface area contributed by atoms with Crippen LogP contribution in [-0.4, -0.2) is 12.6 Å². The number of nitrogens with one attached hydrogen (secondary N) is 1. The first-order chi connectivity index (χ1) is 8.34. The first kappa shape index (κ1) is 11.1. The van der Waals surface area contributed by atoms with Crippen molar-refractivity contribution in [3.05, 3.63) is 29.3 Å². The number of fused-ring (bicyclic) bond motifs is 1. The number of ether oxygens (including phenoxy) is 1. The van der Waals surface area contributed by atoms with Crippen molar-refractivity contribution in [2.75, 3.05) is 6.61 Å². The lowest BCUT2D eigenvalue weighted by Crippen LogP contribution is -2.35. The molecule has 0 bridgehead atoms. The van der Waals surface area contributed by atoms with E-state index in [9.17, 15) is 0 Å². The smallest absolute Gasteiger partial charge is 0.127 e. The Morgan fingerprint density at radius 1 is 1.24 bits per heavy atom. The van der Waals surface area contributed by atoms with Crippen LogP contribution < -0.4 is 10.1 Å². The second-order valence-electron chi connectivity index (χ2n) is 5.34. The molecule has 2 heterocycles. The van der Waals surface area contributed by atoms with Gasteiger partial charge in [0.05, 0.1) is 6.61 Å². The maximum atomic E-state index is 5.90. The number of para-hydroxylation sites is 1. The molecule has 0 aliphatic carbocycles. The standard InChI is InChI=1S/C15H21NO/c1-11-5-2-9-14(16-11)13-8-3-6-12-7-4-10-17-15(12)13/h3,6,8,11,14,16H,2,4-5,7,9-10H2,1H3. The van der Waals surface area contributed by atoms with Crippen molar-refractivity contribution in [3.8, 4) is 5.75 Å². The van der Waals surface area contributed by atoms with E-state index in [0.717, 1.165) is 13.0 Å². The molecule has 0 saturated carbocycles. The molecule has 1 aromatic carbocycles. The summed E-state index contributed by atoms with van der Waals surface area (Å²) in [5.41, 5.74) is 2.78. The molecule has 2 unspecified atom stereocenters. The number of aryl methyl sites for hydroxylation is 1. The molecule has 0 radical (unpaired) electrons. The van der Waals surface area contributed by atoms with Crippen LogP contribution in [-0.2, 0) is 6.42 Å². The first-order valence-corrected chi connectivity index (χ1v) is 6.85. The molecule has 1 aromatic rings. The topological polar surface area (TPSA) is 21.3 Å². The summed E-state index contributed by atoms with van der Waals surface area (Å²) >= 11 is 0. The predicted octanol–water partition coefficient (Wildman–Crippen LogP) is 3.21. The van der Waals surface area contributed by atoms with Gasteiger partial charge in [0.2, 0.25) is 0 Å². The highest BCUT2D eigenvalue weighted by Crippen LogP contribution is 2.36. The normalized spacial score (nSPS) is 28.3. The minimum Gasteiger partial charge on any atom is -0.493 e. The Hall–Kier alpha value is -1.02. The Bertz CT molecular complexity index is 402. The van der Waals surface area contributed by atoms with Crippen LogP contribution in [0, 0.1) is 0 Å². The Morgan fingerprint density at radius 2 is 2.18 bits per heavy atom. The van der Waals surface area contributed by atoms with Gasteiger partial charge in [0.25, 0.3) is 0 Å². The fourth-order valence-electron chi connectivity index (χ4n) is 3.07. The van der Waals surface area contributed by atoms with Gasteiger partial charge in [0.1, 0.15) is 5.75 Å². The molecule has 2 aliphatic heterocycles. The van der Waals surface area contributed by atoms with Crippen molar-refractivity contribution in [1.29, 1.82) is 0 Å². The van der Waals surface area contributed by atoms with Gasteiger partial charge in [-0.2, -0.15) is 0 Å². The fraction of sp³-hybridized carbons (Fsp3) is 0.600. The molecule has 2 heteroatoms. The third kappa shape index (κ3) is 2.19. The Balaban J connectivity index is 1.91. The predicted molar refractivity (Wildman–Crippen MR) is 69.4 cm³/mol. The zero-order chi connectivity index (χ0) is 11.7. The summed E-state index contributed by atoms with van der Waals surface area (Å²) in [6.07, 6.45) is 6.19. The van der Waals surface area contributed by atoms with Crippen molar-refractivity contribution in [2.45, 2.75) is 51.1 Å². The molecule has 0 aromatic heterocycles. The number of rotatable bonds is 1. The lowest BCUT2D eigenvalue weighted by molar-refractivity contribution is 0.272. The molecule has 92 valence electrons. The quantitative estimate of drug-likeness (QED) is 0.801. The molecule has 1 fully saturated rings. The summed E-state index contributed by atoms with van der Waals surface area (Å²) in [5, 5.41) is 3.70. The number of benzene rings is 1. The lowest BCUT2D eigenvalue weighted by atomic mass is 9.91. The molecule has 2 aliphatic rings.